The topological polar surface area (TPSA) is 32.7 Å². The fourth-order valence-electron chi connectivity index (χ4n) is 2.07. The summed E-state index contributed by atoms with van der Waals surface area (Å²) in [6, 6.07) is 0. The maximum absolute atomic E-state index is 9.45. The third-order valence-corrected chi connectivity index (χ3v) is 2.64. The van der Waals surface area contributed by atoms with Crippen LogP contribution < -0.4 is 0 Å². The largest absolute Gasteiger partial charge is 0.391 e. The minimum absolute atomic E-state index is 0.121. The Morgan fingerprint density at radius 2 is 2.29 bits per heavy atom. The summed E-state index contributed by atoms with van der Waals surface area (Å²) >= 11 is 5.57. The van der Waals surface area contributed by atoms with Gasteiger partial charge in [-0.25, -0.2) is 0 Å². The van der Waals surface area contributed by atoms with Crippen LogP contribution in [0.3, 0.4) is 0 Å². The lowest BCUT2D eigenvalue weighted by Crippen LogP contribution is -2.53. The highest BCUT2D eigenvalue weighted by Crippen LogP contribution is 2.20. The molecule has 3 nitrogen and oxygen atoms in total. The minimum Gasteiger partial charge on any atom is -0.391 e. The third-order valence-electron chi connectivity index (χ3n) is 2.29. The van der Waals surface area contributed by atoms with Crippen LogP contribution in [-0.4, -0.2) is 53.3 Å². The summed E-state index contributed by atoms with van der Waals surface area (Å²) < 4.78 is 5.76. The molecule has 0 bridgehead atoms. The van der Waals surface area contributed by atoms with Crippen molar-refractivity contribution in [2.75, 3.05) is 25.5 Å². The predicted molar refractivity (Wildman–Crippen MR) is 57.8 cm³/mol. The average molecular weight is 222 g/mol. The molecule has 1 heterocycles. The molecule has 0 amide bonds. The van der Waals surface area contributed by atoms with Crippen molar-refractivity contribution < 1.29 is 9.84 Å². The van der Waals surface area contributed by atoms with Crippen molar-refractivity contribution in [1.82, 2.24) is 4.90 Å². The van der Waals surface area contributed by atoms with Crippen molar-refractivity contribution in [3.05, 3.63) is 0 Å². The molecule has 1 N–H and O–H groups in total. The van der Waals surface area contributed by atoms with Crippen LogP contribution in [0.25, 0.3) is 0 Å². The molecular weight excluding hydrogens is 202 g/mol. The molecule has 0 aromatic carbocycles. The lowest BCUT2D eigenvalue weighted by Gasteiger charge is -2.42. The number of aliphatic hydroxyl groups is 1. The number of alkyl halides is 1. The molecule has 1 fully saturated rings. The Kier molecular flexibility index (Phi) is 4.19. The van der Waals surface area contributed by atoms with Crippen LogP contribution in [0.1, 0.15) is 20.8 Å². The predicted octanol–water partition coefficient (Wildman–Crippen LogP) is 1.09. The number of morpholine rings is 1. The van der Waals surface area contributed by atoms with Crippen LogP contribution >= 0.6 is 11.6 Å². The van der Waals surface area contributed by atoms with E-state index >= 15 is 0 Å². The fraction of sp³-hybridized carbons (Fsp3) is 1.00. The number of rotatable bonds is 3. The number of β-amino-alcohol motifs (C(OH)–C–C–N with tert-alkyl or cyclic N) is 1. The lowest BCUT2D eigenvalue weighted by atomic mass is 10.1. The van der Waals surface area contributed by atoms with Gasteiger partial charge in [-0.05, 0) is 20.8 Å². The Hall–Kier alpha value is 0.170. The van der Waals surface area contributed by atoms with Crippen molar-refractivity contribution in [3.8, 4) is 0 Å². The van der Waals surface area contributed by atoms with Crippen molar-refractivity contribution in [1.29, 1.82) is 0 Å². The molecule has 0 aromatic rings. The maximum atomic E-state index is 9.45. The van der Waals surface area contributed by atoms with E-state index in [2.05, 4.69) is 25.7 Å². The number of nitrogens with zero attached hydrogens (tertiary/aromatic N) is 1. The summed E-state index contributed by atoms with van der Waals surface area (Å²) in [6.07, 6.45) is -0.209. The molecule has 84 valence electrons. The van der Waals surface area contributed by atoms with Gasteiger partial charge in [0.1, 0.15) is 0 Å². The van der Waals surface area contributed by atoms with Gasteiger partial charge >= 0.3 is 0 Å². The van der Waals surface area contributed by atoms with E-state index in [0.717, 1.165) is 13.1 Å². The monoisotopic (exact) mass is 221 g/mol. The zero-order valence-corrected chi connectivity index (χ0v) is 9.92. The molecule has 14 heavy (non-hydrogen) atoms. The Balaban J connectivity index is 2.45. The van der Waals surface area contributed by atoms with Crippen LogP contribution in [0.4, 0.5) is 0 Å². The Bertz CT molecular complexity index is 187. The Labute approximate surface area is 91.0 Å². The smallest absolute Gasteiger partial charge is 0.0802 e. The second kappa shape index (κ2) is 4.79. The van der Waals surface area contributed by atoms with Crippen LogP contribution in [0, 0.1) is 0 Å². The summed E-state index contributed by atoms with van der Waals surface area (Å²) in [6.45, 7) is 8.57. The van der Waals surface area contributed by atoms with Crippen molar-refractivity contribution in [2.45, 2.75) is 38.6 Å². The van der Waals surface area contributed by atoms with Gasteiger partial charge in [-0.15, -0.1) is 11.6 Å². The number of ether oxygens (including phenoxy) is 1. The SMILES string of the molecule is CC1CN(CC(O)CCl)CC(C)(C)O1. The lowest BCUT2D eigenvalue weighted by molar-refractivity contribution is -0.132. The zero-order chi connectivity index (χ0) is 10.8. The van der Waals surface area contributed by atoms with Crippen LogP contribution in [-0.2, 0) is 4.74 Å². The summed E-state index contributed by atoms with van der Waals surface area (Å²) in [7, 11) is 0. The second-order valence-electron chi connectivity index (χ2n) is 4.69. The van der Waals surface area contributed by atoms with Gasteiger partial charge < -0.3 is 9.84 Å². The van der Waals surface area contributed by atoms with Crippen LogP contribution in [0.2, 0.25) is 0 Å². The molecular formula is C10H20ClNO2. The van der Waals surface area contributed by atoms with Gasteiger partial charge in [0.2, 0.25) is 0 Å². The van der Waals surface area contributed by atoms with Crippen molar-refractivity contribution in [2.24, 2.45) is 0 Å². The van der Waals surface area contributed by atoms with Crippen LogP contribution in [0.15, 0.2) is 0 Å². The standard InChI is InChI=1S/C10H20ClNO2/c1-8-5-12(6-9(13)4-11)7-10(2,3)14-8/h8-9,13H,4-7H2,1-3H3. The number of hydrogen-bond donors (Lipinski definition) is 1. The van der Waals surface area contributed by atoms with E-state index in [4.69, 9.17) is 16.3 Å². The quantitative estimate of drug-likeness (QED) is 0.725. The summed E-state index contributed by atoms with van der Waals surface area (Å²) in [5, 5.41) is 9.45. The molecule has 0 spiro atoms. The van der Waals surface area contributed by atoms with Gasteiger partial charge in [-0.3, -0.25) is 4.90 Å². The highest BCUT2D eigenvalue weighted by atomic mass is 35.5. The van der Waals surface area contributed by atoms with Gasteiger partial charge in [-0.1, -0.05) is 0 Å². The summed E-state index contributed by atoms with van der Waals surface area (Å²) in [4.78, 5) is 2.21. The van der Waals surface area contributed by atoms with Gasteiger partial charge in [0.25, 0.3) is 0 Å². The van der Waals surface area contributed by atoms with Gasteiger partial charge in [0.05, 0.1) is 17.8 Å². The van der Waals surface area contributed by atoms with Gasteiger partial charge in [-0.2, -0.15) is 0 Å². The second-order valence-corrected chi connectivity index (χ2v) is 5.00. The molecule has 0 aliphatic carbocycles. The molecule has 1 aliphatic heterocycles. The summed E-state index contributed by atoms with van der Waals surface area (Å²) in [5.41, 5.74) is -0.121. The van der Waals surface area contributed by atoms with Gasteiger partial charge in [0, 0.05) is 25.5 Å². The Morgan fingerprint density at radius 3 is 2.79 bits per heavy atom. The Morgan fingerprint density at radius 1 is 1.64 bits per heavy atom. The van der Waals surface area contributed by atoms with E-state index in [1.807, 2.05) is 0 Å². The van der Waals surface area contributed by atoms with Crippen LogP contribution in [0.5, 0.6) is 0 Å². The third kappa shape index (κ3) is 3.73. The number of hydrogen-bond acceptors (Lipinski definition) is 3. The molecule has 1 rings (SSSR count). The first-order chi connectivity index (χ1) is 6.43. The molecule has 1 saturated heterocycles. The molecule has 0 radical (unpaired) electrons. The first kappa shape index (κ1) is 12.2. The number of halogens is 1. The maximum Gasteiger partial charge on any atom is 0.0802 e. The molecule has 0 aromatic heterocycles. The molecule has 2 unspecified atom stereocenters. The van der Waals surface area contributed by atoms with E-state index in [9.17, 15) is 5.11 Å². The zero-order valence-electron chi connectivity index (χ0n) is 9.16. The molecule has 4 heteroatoms. The first-order valence-corrected chi connectivity index (χ1v) is 5.60. The normalized spacial score (nSPS) is 30.2. The summed E-state index contributed by atoms with van der Waals surface area (Å²) in [5.74, 6) is 0.298. The van der Waals surface area contributed by atoms with E-state index in [1.165, 1.54) is 0 Å². The van der Waals surface area contributed by atoms with E-state index in [-0.39, 0.29) is 11.7 Å². The van der Waals surface area contributed by atoms with Crippen molar-refractivity contribution in [3.63, 3.8) is 0 Å². The minimum atomic E-state index is -0.433. The van der Waals surface area contributed by atoms with E-state index in [0.29, 0.717) is 12.4 Å². The van der Waals surface area contributed by atoms with E-state index in [1.54, 1.807) is 0 Å². The van der Waals surface area contributed by atoms with E-state index < -0.39 is 6.10 Å². The molecule has 2 atom stereocenters. The fourth-order valence-corrected chi connectivity index (χ4v) is 2.17. The van der Waals surface area contributed by atoms with Crippen molar-refractivity contribution >= 4 is 11.6 Å². The average Bonchev–Trinajstić information content (AvgIpc) is 1.99. The highest BCUT2D eigenvalue weighted by Gasteiger charge is 2.31. The molecule has 1 aliphatic rings. The number of aliphatic hydroxyl groups excluding tert-OH is 1. The molecule has 0 saturated carbocycles. The highest BCUT2D eigenvalue weighted by molar-refractivity contribution is 6.18. The van der Waals surface area contributed by atoms with Gasteiger partial charge in [0.15, 0.2) is 0 Å². The first-order valence-electron chi connectivity index (χ1n) is 5.07.